The molecule has 0 spiro atoms. The second-order valence-electron chi connectivity index (χ2n) is 5.45. The molecule has 1 aromatic heterocycles. The summed E-state index contributed by atoms with van der Waals surface area (Å²) in [6.45, 7) is 3.44. The molecule has 1 amide bonds. The molecule has 2 aliphatic heterocycles. The van der Waals surface area contributed by atoms with Gasteiger partial charge >= 0.3 is 0 Å². The molecule has 20 heavy (non-hydrogen) atoms. The molecule has 0 radical (unpaired) electrons. The topological polar surface area (TPSA) is 68.5 Å². The van der Waals surface area contributed by atoms with Crippen molar-refractivity contribution in [1.29, 1.82) is 0 Å². The van der Waals surface area contributed by atoms with E-state index in [1.165, 1.54) is 0 Å². The minimum atomic E-state index is -0.274. The van der Waals surface area contributed by atoms with Crippen LogP contribution in [0.2, 0.25) is 0 Å². The van der Waals surface area contributed by atoms with Crippen molar-refractivity contribution >= 4 is 5.91 Å². The predicted molar refractivity (Wildman–Crippen MR) is 71.0 cm³/mol. The van der Waals surface area contributed by atoms with E-state index < -0.39 is 0 Å². The summed E-state index contributed by atoms with van der Waals surface area (Å²) >= 11 is 0. The second kappa shape index (κ2) is 5.91. The van der Waals surface area contributed by atoms with Crippen molar-refractivity contribution in [1.82, 2.24) is 15.0 Å². The average Bonchev–Trinajstić information content (AvgIpc) is 3.17. The fourth-order valence-corrected chi connectivity index (χ4v) is 2.96. The van der Waals surface area contributed by atoms with Crippen molar-refractivity contribution < 1.29 is 14.1 Å². The van der Waals surface area contributed by atoms with Gasteiger partial charge in [-0.15, -0.1) is 0 Å². The molecule has 0 aromatic carbocycles. The summed E-state index contributed by atoms with van der Waals surface area (Å²) in [5, 5.41) is 3.95. The Morgan fingerprint density at radius 2 is 2.25 bits per heavy atom. The molecule has 110 valence electrons. The van der Waals surface area contributed by atoms with Crippen LogP contribution < -0.4 is 0 Å². The normalized spacial score (nSPS) is 26.9. The molecule has 3 heterocycles. The molecular weight excluding hydrogens is 258 g/mol. The lowest BCUT2D eigenvalue weighted by Crippen LogP contribution is -2.44. The SMILES string of the molecule is CCc1noc([C@@H]2CCCCN2C(=O)[C@H]2CCCO2)n1. The number of aromatic nitrogens is 2. The molecule has 0 unspecified atom stereocenters. The van der Waals surface area contributed by atoms with E-state index in [1.54, 1.807) is 0 Å². The van der Waals surface area contributed by atoms with Crippen molar-refractivity contribution in [3.63, 3.8) is 0 Å². The van der Waals surface area contributed by atoms with E-state index in [-0.39, 0.29) is 18.1 Å². The molecule has 0 saturated carbocycles. The zero-order chi connectivity index (χ0) is 13.9. The lowest BCUT2D eigenvalue weighted by Gasteiger charge is -2.34. The molecule has 2 aliphatic rings. The maximum Gasteiger partial charge on any atom is 0.252 e. The van der Waals surface area contributed by atoms with Crippen LogP contribution in [-0.4, -0.2) is 40.2 Å². The number of piperidine rings is 1. The third-order valence-electron chi connectivity index (χ3n) is 4.08. The van der Waals surface area contributed by atoms with E-state index in [0.717, 1.165) is 45.1 Å². The Labute approximate surface area is 118 Å². The van der Waals surface area contributed by atoms with Gasteiger partial charge in [-0.2, -0.15) is 4.98 Å². The van der Waals surface area contributed by atoms with E-state index >= 15 is 0 Å². The van der Waals surface area contributed by atoms with Crippen LogP contribution in [0.3, 0.4) is 0 Å². The van der Waals surface area contributed by atoms with Crippen molar-refractivity contribution in [2.24, 2.45) is 0 Å². The van der Waals surface area contributed by atoms with Gasteiger partial charge in [-0.3, -0.25) is 4.79 Å². The Bertz CT molecular complexity index is 468. The summed E-state index contributed by atoms with van der Waals surface area (Å²) in [7, 11) is 0. The molecule has 2 atom stereocenters. The number of rotatable bonds is 3. The Kier molecular flexibility index (Phi) is 4.00. The summed E-state index contributed by atoms with van der Waals surface area (Å²) in [6.07, 6.45) is 5.28. The smallest absolute Gasteiger partial charge is 0.252 e. The van der Waals surface area contributed by atoms with E-state index in [0.29, 0.717) is 18.3 Å². The summed E-state index contributed by atoms with van der Waals surface area (Å²) in [4.78, 5) is 18.9. The third-order valence-corrected chi connectivity index (χ3v) is 4.08. The van der Waals surface area contributed by atoms with E-state index in [4.69, 9.17) is 9.26 Å². The van der Waals surface area contributed by atoms with E-state index in [1.807, 2.05) is 11.8 Å². The quantitative estimate of drug-likeness (QED) is 0.844. The third kappa shape index (κ3) is 2.57. The Hall–Kier alpha value is -1.43. The summed E-state index contributed by atoms with van der Waals surface area (Å²) in [5.74, 6) is 1.37. The molecule has 6 nitrogen and oxygen atoms in total. The molecule has 3 rings (SSSR count). The Balaban J connectivity index is 1.77. The number of carbonyl (C=O) groups excluding carboxylic acids is 1. The minimum Gasteiger partial charge on any atom is -0.368 e. The maximum absolute atomic E-state index is 12.6. The van der Waals surface area contributed by atoms with Crippen molar-refractivity contribution in [3.8, 4) is 0 Å². The monoisotopic (exact) mass is 279 g/mol. The van der Waals surface area contributed by atoms with Crippen LogP contribution in [0.1, 0.15) is 56.8 Å². The molecule has 0 aliphatic carbocycles. The van der Waals surface area contributed by atoms with Crippen molar-refractivity contribution in [3.05, 3.63) is 11.7 Å². The van der Waals surface area contributed by atoms with Gasteiger partial charge in [0.25, 0.3) is 5.91 Å². The van der Waals surface area contributed by atoms with Crippen LogP contribution in [0.25, 0.3) is 0 Å². The molecule has 0 bridgehead atoms. The first-order valence-corrected chi connectivity index (χ1v) is 7.54. The van der Waals surface area contributed by atoms with Crippen molar-refractivity contribution in [2.45, 2.75) is 57.6 Å². The summed E-state index contributed by atoms with van der Waals surface area (Å²) in [6, 6.07) is -0.0757. The van der Waals surface area contributed by atoms with Gasteiger partial charge in [0.1, 0.15) is 12.1 Å². The van der Waals surface area contributed by atoms with Crippen molar-refractivity contribution in [2.75, 3.05) is 13.2 Å². The predicted octanol–water partition coefficient (Wildman–Crippen LogP) is 1.86. The molecule has 6 heteroatoms. The fraction of sp³-hybridized carbons (Fsp3) is 0.786. The van der Waals surface area contributed by atoms with Gasteiger partial charge in [-0.1, -0.05) is 12.1 Å². The fourth-order valence-electron chi connectivity index (χ4n) is 2.96. The van der Waals surface area contributed by atoms with Gasteiger partial charge in [-0.25, -0.2) is 0 Å². The number of hydrogen-bond acceptors (Lipinski definition) is 5. The van der Waals surface area contributed by atoms with Gasteiger partial charge in [-0.05, 0) is 32.1 Å². The first-order valence-electron chi connectivity index (χ1n) is 7.54. The molecule has 1 aromatic rings. The van der Waals surface area contributed by atoms with Crippen LogP contribution in [0.15, 0.2) is 4.52 Å². The van der Waals surface area contributed by atoms with Gasteiger partial charge in [0.05, 0.1) is 0 Å². The molecule has 2 fully saturated rings. The number of ether oxygens (including phenoxy) is 1. The minimum absolute atomic E-state index is 0.0757. The van der Waals surface area contributed by atoms with Crippen LogP contribution in [-0.2, 0) is 16.0 Å². The highest BCUT2D eigenvalue weighted by Crippen LogP contribution is 2.31. The van der Waals surface area contributed by atoms with Crippen LogP contribution >= 0.6 is 0 Å². The highest BCUT2D eigenvalue weighted by atomic mass is 16.5. The number of amides is 1. The van der Waals surface area contributed by atoms with Gasteiger partial charge in [0.2, 0.25) is 5.89 Å². The second-order valence-corrected chi connectivity index (χ2v) is 5.45. The summed E-state index contributed by atoms with van der Waals surface area (Å²) in [5.41, 5.74) is 0. The lowest BCUT2D eigenvalue weighted by molar-refractivity contribution is -0.145. The summed E-state index contributed by atoms with van der Waals surface area (Å²) < 4.78 is 10.9. The zero-order valence-electron chi connectivity index (χ0n) is 11.9. The molecule has 0 N–H and O–H groups in total. The Morgan fingerprint density at radius 3 is 2.95 bits per heavy atom. The highest BCUT2D eigenvalue weighted by molar-refractivity contribution is 5.81. The van der Waals surface area contributed by atoms with Gasteiger partial charge < -0.3 is 14.2 Å². The molecule has 2 saturated heterocycles. The van der Waals surface area contributed by atoms with Gasteiger partial charge in [0.15, 0.2) is 5.82 Å². The lowest BCUT2D eigenvalue weighted by atomic mass is 10.0. The first kappa shape index (κ1) is 13.5. The first-order chi connectivity index (χ1) is 9.79. The molecular formula is C14H21N3O3. The number of hydrogen-bond donors (Lipinski definition) is 0. The van der Waals surface area contributed by atoms with Crippen LogP contribution in [0.5, 0.6) is 0 Å². The number of nitrogens with zero attached hydrogens (tertiary/aromatic N) is 3. The largest absolute Gasteiger partial charge is 0.368 e. The maximum atomic E-state index is 12.6. The standard InChI is InChI=1S/C14H21N3O3/c1-2-12-15-13(20-16-12)10-6-3-4-8-17(10)14(18)11-7-5-9-19-11/h10-11H,2-9H2,1H3/t10-,11+/m0/s1. The highest BCUT2D eigenvalue weighted by Gasteiger charge is 2.36. The number of aryl methyl sites for hydroxylation is 1. The van der Waals surface area contributed by atoms with Crippen LogP contribution in [0.4, 0.5) is 0 Å². The number of likely N-dealkylation sites (tertiary alicyclic amines) is 1. The van der Waals surface area contributed by atoms with E-state index in [9.17, 15) is 4.79 Å². The van der Waals surface area contributed by atoms with Crippen LogP contribution in [0, 0.1) is 0 Å². The van der Waals surface area contributed by atoms with E-state index in [2.05, 4.69) is 10.1 Å². The average molecular weight is 279 g/mol. The Morgan fingerprint density at radius 1 is 1.35 bits per heavy atom. The zero-order valence-corrected chi connectivity index (χ0v) is 11.9. The number of carbonyl (C=O) groups is 1. The van der Waals surface area contributed by atoms with Gasteiger partial charge in [0, 0.05) is 19.6 Å².